The van der Waals surface area contributed by atoms with Crippen molar-refractivity contribution in [3.63, 3.8) is 0 Å². The highest BCUT2D eigenvalue weighted by Crippen LogP contribution is 2.38. The van der Waals surface area contributed by atoms with Crippen molar-refractivity contribution in [3.8, 4) is 11.5 Å². The molecule has 1 heterocycles. The predicted molar refractivity (Wildman–Crippen MR) is 121 cm³/mol. The van der Waals surface area contributed by atoms with Gasteiger partial charge in [-0.3, -0.25) is 0 Å². The van der Waals surface area contributed by atoms with Crippen molar-refractivity contribution in [3.05, 3.63) is 99.5 Å². The van der Waals surface area contributed by atoms with Crippen LogP contribution in [-0.4, -0.2) is 19.0 Å². The smallest absolute Gasteiger partial charge is 0.363 e. The lowest BCUT2D eigenvalue weighted by molar-refractivity contribution is -0.129. The summed E-state index contributed by atoms with van der Waals surface area (Å²) < 4.78 is 29.6. The van der Waals surface area contributed by atoms with Crippen LogP contribution in [0.3, 0.4) is 0 Å². The van der Waals surface area contributed by atoms with Gasteiger partial charge in [-0.15, -0.1) is 0 Å². The van der Waals surface area contributed by atoms with Crippen LogP contribution in [0.4, 0.5) is 4.39 Å². The maximum absolute atomic E-state index is 13.1. The van der Waals surface area contributed by atoms with Gasteiger partial charge in [0.05, 0.1) is 12.1 Å². The Morgan fingerprint density at radius 1 is 1.12 bits per heavy atom. The summed E-state index contributed by atoms with van der Waals surface area (Å²) in [4.78, 5) is 16.6. The molecule has 162 valence electrons. The van der Waals surface area contributed by atoms with Crippen LogP contribution in [0.5, 0.6) is 11.5 Å². The number of cyclic esters (lactones) is 1. The first-order chi connectivity index (χ1) is 15.4. The zero-order valence-electron chi connectivity index (χ0n) is 17.4. The molecule has 32 heavy (non-hydrogen) atoms. The largest absolute Gasteiger partial charge is 0.493 e. The molecule has 5 nitrogen and oxygen atoms in total. The fourth-order valence-corrected chi connectivity index (χ4v) is 3.44. The molecule has 0 spiro atoms. The summed E-state index contributed by atoms with van der Waals surface area (Å²) >= 11 is 6.42. The number of carbonyl (C=O) groups excluding carboxylic acids is 1. The first-order valence-electron chi connectivity index (χ1n) is 9.77. The molecule has 1 aliphatic rings. The van der Waals surface area contributed by atoms with Gasteiger partial charge in [0.25, 0.3) is 0 Å². The van der Waals surface area contributed by atoms with E-state index in [9.17, 15) is 9.18 Å². The number of carbonyl (C=O) groups is 1. The Bertz CT molecular complexity index is 1240. The van der Waals surface area contributed by atoms with Crippen LogP contribution in [0.15, 0.2) is 71.4 Å². The van der Waals surface area contributed by atoms with Crippen LogP contribution in [0.25, 0.3) is 6.08 Å². The number of rotatable bonds is 6. The van der Waals surface area contributed by atoms with Gasteiger partial charge in [0, 0.05) is 5.56 Å². The fraction of sp³-hybridized carbons (Fsp3) is 0.120. The molecule has 0 saturated heterocycles. The Kier molecular flexibility index (Phi) is 6.23. The van der Waals surface area contributed by atoms with Crippen molar-refractivity contribution >= 4 is 29.5 Å². The summed E-state index contributed by atoms with van der Waals surface area (Å²) in [5.74, 6) is 0.121. The first kappa shape index (κ1) is 21.6. The van der Waals surface area contributed by atoms with Crippen molar-refractivity contribution in [2.45, 2.75) is 13.5 Å². The van der Waals surface area contributed by atoms with Gasteiger partial charge in [-0.1, -0.05) is 41.4 Å². The maximum atomic E-state index is 13.1. The van der Waals surface area contributed by atoms with Crippen molar-refractivity contribution < 1.29 is 23.4 Å². The lowest BCUT2D eigenvalue weighted by atomic mass is 10.1. The number of aliphatic imine (C=N–C) groups is 1. The molecule has 0 radical (unpaired) electrons. The molecular formula is C25H19ClFNO4. The Morgan fingerprint density at radius 2 is 1.91 bits per heavy atom. The van der Waals surface area contributed by atoms with E-state index in [-0.39, 0.29) is 24.0 Å². The monoisotopic (exact) mass is 451 g/mol. The Balaban J connectivity index is 1.59. The molecule has 0 amide bonds. The fourth-order valence-electron chi connectivity index (χ4n) is 3.17. The van der Waals surface area contributed by atoms with Crippen LogP contribution in [0.2, 0.25) is 5.02 Å². The summed E-state index contributed by atoms with van der Waals surface area (Å²) in [5.41, 5.74) is 3.29. The third-order valence-corrected chi connectivity index (χ3v) is 5.02. The number of methoxy groups -OCH3 is 1. The third kappa shape index (κ3) is 4.81. The molecule has 4 rings (SSSR count). The number of nitrogens with zero attached hydrogens (tertiary/aromatic N) is 1. The van der Waals surface area contributed by atoms with Gasteiger partial charge in [0.1, 0.15) is 12.4 Å². The highest BCUT2D eigenvalue weighted by atomic mass is 35.5. The molecule has 1 aliphatic heterocycles. The number of halogens is 2. The molecule has 0 aliphatic carbocycles. The molecule has 7 heteroatoms. The maximum Gasteiger partial charge on any atom is 0.363 e. The SMILES string of the molecule is COc1cc(/C=C2/N=C(c3cccc(C)c3)OC2=O)cc(Cl)c1OCc1ccc(F)cc1. The van der Waals surface area contributed by atoms with E-state index in [4.69, 9.17) is 25.8 Å². The van der Waals surface area contributed by atoms with Gasteiger partial charge in [-0.05, 0) is 60.5 Å². The lowest BCUT2D eigenvalue weighted by Crippen LogP contribution is -2.05. The van der Waals surface area contributed by atoms with E-state index in [0.717, 1.165) is 16.7 Å². The summed E-state index contributed by atoms with van der Waals surface area (Å²) in [6.07, 6.45) is 1.57. The van der Waals surface area contributed by atoms with Crippen LogP contribution in [-0.2, 0) is 16.1 Å². The van der Waals surface area contributed by atoms with Gasteiger partial charge < -0.3 is 14.2 Å². The molecular weight excluding hydrogens is 433 g/mol. The molecule has 0 atom stereocenters. The Morgan fingerprint density at radius 3 is 2.62 bits per heavy atom. The number of esters is 1. The predicted octanol–water partition coefficient (Wildman–Crippen LogP) is 5.72. The standard InChI is InChI=1S/C25H19ClFNO4/c1-15-4-3-5-18(10-15)24-28-21(25(29)32-24)12-17-11-20(26)23(22(13-17)30-2)31-14-16-6-8-19(27)9-7-16/h3-13H,14H2,1-2H3/b21-12+. The normalized spacial score (nSPS) is 14.3. The van der Waals surface area contributed by atoms with Crippen LogP contribution >= 0.6 is 11.6 Å². The second-order valence-corrected chi connectivity index (χ2v) is 7.56. The number of ether oxygens (including phenoxy) is 3. The quantitative estimate of drug-likeness (QED) is 0.355. The number of aryl methyl sites for hydroxylation is 1. The average molecular weight is 452 g/mol. The lowest BCUT2D eigenvalue weighted by Gasteiger charge is -2.13. The summed E-state index contributed by atoms with van der Waals surface area (Å²) in [6, 6.07) is 16.9. The molecule has 3 aromatic rings. The minimum absolute atomic E-state index is 0.152. The number of hydrogen-bond acceptors (Lipinski definition) is 5. The van der Waals surface area contributed by atoms with Gasteiger partial charge in [-0.2, -0.15) is 0 Å². The molecule has 0 unspecified atom stereocenters. The summed E-state index contributed by atoms with van der Waals surface area (Å²) in [5, 5.41) is 0.299. The first-order valence-corrected chi connectivity index (χ1v) is 10.1. The highest BCUT2D eigenvalue weighted by molar-refractivity contribution is 6.32. The van der Waals surface area contributed by atoms with E-state index < -0.39 is 5.97 Å². The van der Waals surface area contributed by atoms with E-state index >= 15 is 0 Å². The average Bonchev–Trinajstić information content (AvgIpc) is 3.14. The molecule has 3 aromatic carbocycles. The van der Waals surface area contributed by atoms with Crippen molar-refractivity contribution in [2.24, 2.45) is 4.99 Å². The van der Waals surface area contributed by atoms with E-state index in [1.54, 1.807) is 30.3 Å². The Hall–Kier alpha value is -3.64. The molecule has 0 saturated carbocycles. The number of benzene rings is 3. The van der Waals surface area contributed by atoms with Crippen molar-refractivity contribution in [1.29, 1.82) is 0 Å². The molecule has 0 aromatic heterocycles. The third-order valence-electron chi connectivity index (χ3n) is 4.74. The van der Waals surface area contributed by atoms with Crippen molar-refractivity contribution in [2.75, 3.05) is 7.11 Å². The molecule has 0 fully saturated rings. The van der Waals surface area contributed by atoms with Gasteiger partial charge in [0.2, 0.25) is 5.90 Å². The number of hydrogen-bond donors (Lipinski definition) is 0. The Labute approximate surface area is 189 Å². The highest BCUT2D eigenvalue weighted by Gasteiger charge is 2.24. The van der Waals surface area contributed by atoms with Crippen LogP contribution in [0, 0.1) is 12.7 Å². The summed E-state index contributed by atoms with van der Waals surface area (Å²) in [7, 11) is 1.49. The second kappa shape index (κ2) is 9.24. The van der Waals surface area contributed by atoms with Crippen molar-refractivity contribution in [1.82, 2.24) is 0 Å². The zero-order chi connectivity index (χ0) is 22.7. The topological polar surface area (TPSA) is 57.1 Å². The van der Waals surface area contributed by atoms with E-state index in [2.05, 4.69) is 4.99 Å². The van der Waals surface area contributed by atoms with E-state index in [1.807, 2.05) is 31.2 Å². The van der Waals surface area contributed by atoms with Gasteiger partial charge >= 0.3 is 5.97 Å². The second-order valence-electron chi connectivity index (χ2n) is 7.15. The minimum Gasteiger partial charge on any atom is -0.493 e. The van der Waals surface area contributed by atoms with E-state index in [0.29, 0.717) is 22.1 Å². The van der Waals surface area contributed by atoms with Crippen LogP contribution in [0.1, 0.15) is 22.3 Å². The van der Waals surface area contributed by atoms with Crippen LogP contribution < -0.4 is 9.47 Å². The zero-order valence-corrected chi connectivity index (χ0v) is 18.2. The van der Waals surface area contributed by atoms with E-state index in [1.165, 1.54) is 19.2 Å². The summed E-state index contributed by atoms with van der Waals surface area (Å²) in [6.45, 7) is 2.14. The molecule has 0 N–H and O–H groups in total. The minimum atomic E-state index is -0.548. The van der Waals surface area contributed by atoms with Gasteiger partial charge in [-0.25, -0.2) is 14.2 Å². The molecule has 0 bridgehead atoms. The van der Waals surface area contributed by atoms with Gasteiger partial charge in [0.15, 0.2) is 17.2 Å².